The second kappa shape index (κ2) is 10.9. The molecule has 0 aromatic carbocycles. The highest BCUT2D eigenvalue weighted by Crippen LogP contribution is 2.67. The Balaban J connectivity index is 1.38. The van der Waals surface area contributed by atoms with Crippen molar-refractivity contribution in [3.63, 3.8) is 0 Å². The Morgan fingerprint density at radius 2 is 1.76 bits per heavy atom. The smallest absolute Gasteiger partial charge is 0.205 e. The van der Waals surface area contributed by atoms with Crippen LogP contribution in [0.15, 0.2) is 11.6 Å². The lowest BCUT2D eigenvalue weighted by Crippen LogP contribution is -2.50. The van der Waals surface area contributed by atoms with Gasteiger partial charge < -0.3 is 0 Å². The van der Waals surface area contributed by atoms with Crippen molar-refractivity contribution in [1.82, 2.24) is 0 Å². The standard InChI is InChI=1S/C31H51BrOS/c1-6-7-8-9-10-11-12-22-14-16-26-25-15-13-23-21-24(34-28(33)29(2,3)32)17-19-31(23,5)27(25)18-20-30(22,26)4/h13,22,24-27H,6-12,14-21H2,1-5H3/t22-,24+,25-,26-,27+,30-,31+/m1/s1. The minimum absolute atomic E-state index is 0.297. The fraction of sp³-hybridized carbons (Fsp3) is 0.903. The van der Waals surface area contributed by atoms with E-state index in [2.05, 4.69) is 42.8 Å². The highest BCUT2D eigenvalue weighted by molar-refractivity contribution is 9.10. The van der Waals surface area contributed by atoms with E-state index < -0.39 is 4.32 Å². The van der Waals surface area contributed by atoms with Gasteiger partial charge in [-0.1, -0.05) is 98.6 Å². The number of halogens is 1. The van der Waals surface area contributed by atoms with Crippen LogP contribution in [0.3, 0.4) is 0 Å². The number of hydrogen-bond acceptors (Lipinski definition) is 2. The summed E-state index contributed by atoms with van der Waals surface area (Å²) in [5.74, 6) is 3.73. The maximum Gasteiger partial charge on any atom is 0.205 e. The first-order valence-electron chi connectivity index (χ1n) is 14.7. The fourth-order valence-corrected chi connectivity index (χ4v) is 10.1. The van der Waals surface area contributed by atoms with Gasteiger partial charge in [-0.05, 0) is 106 Å². The Labute approximate surface area is 223 Å². The van der Waals surface area contributed by atoms with Gasteiger partial charge in [0.25, 0.3) is 0 Å². The number of thioether (sulfide) groups is 1. The number of rotatable bonds is 9. The molecule has 194 valence electrons. The molecule has 4 aliphatic carbocycles. The zero-order valence-electron chi connectivity index (χ0n) is 22.8. The monoisotopic (exact) mass is 550 g/mol. The van der Waals surface area contributed by atoms with Crippen molar-refractivity contribution in [2.45, 2.75) is 141 Å². The molecule has 0 radical (unpaired) electrons. The fourth-order valence-electron chi connectivity index (χ4n) is 8.77. The van der Waals surface area contributed by atoms with E-state index >= 15 is 0 Å². The Morgan fingerprint density at radius 3 is 2.50 bits per heavy atom. The molecule has 1 nitrogen and oxygen atoms in total. The molecule has 3 saturated carbocycles. The number of carbonyl (C=O) groups excluding carboxylic acids is 1. The molecule has 3 heteroatoms. The summed E-state index contributed by atoms with van der Waals surface area (Å²) in [6, 6.07) is 0. The minimum Gasteiger partial charge on any atom is -0.286 e. The van der Waals surface area contributed by atoms with Gasteiger partial charge in [0.2, 0.25) is 5.12 Å². The predicted octanol–water partition coefficient (Wildman–Crippen LogP) is 10.1. The van der Waals surface area contributed by atoms with Crippen molar-refractivity contribution in [3.05, 3.63) is 11.6 Å². The molecule has 0 spiro atoms. The van der Waals surface area contributed by atoms with Crippen molar-refractivity contribution < 1.29 is 4.79 Å². The van der Waals surface area contributed by atoms with E-state index in [9.17, 15) is 4.79 Å². The largest absolute Gasteiger partial charge is 0.286 e. The lowest BCUT2D eigenvalue weighted by molar-refractivity contribution is -0.112. The van der Waals surface area contributed by atoms with Gasteiger partial charge in [-0.15, -0.1) is 0 Å². The molecular weight excluding hydrogens is 500 g/mol. The van der Waals surface area contributed by atoms with Gasteiger partial charge in [-0.2, -0.15) is 0 Å². The summed E-state index contributed by atoms with van der Waals surface area (Å²) in [5.41, 5.74) is 2.71. The number of carbonyl (C=O) groups is 1. The first-order chi connectivity index (χ1) is 16.1. The second-order valence-electron chi connectivity index (χ2n) is 13.4. The number of unbranched alkanes of at least 4 members (excludes halogenated alkanes) is 5. The molecule has 4 aliphatic rings. The van der Waals surface area contributed by atoms with E-state index in [1.165, 1.54) is 89.9 Å². The average Bonchev–Trinajstić information content (AvgIpc) is 3.12. The van der Waals surface area contributed by atoms with E-state index in [1.54, 1.807) is 17.3 Å². The maximum absolute atomic E-state index is 12.6. The van der Waals surface area contributed by atoms with E-state index in [1.807, 2.05) is 13.8 Å². The summed E-state index contributed by atoms with van der Waals surface area (Å²) in [7, 11) is 0. The van der Waals surface area contributed by atoms with Crippen LogP contribution in [0, 0.1) is 34.5 Å². The number of alkyl halides is 1. The van der Waals surface area contributed by atoms with Crippen molar-refractivity contribution >= 4 is 32.8 Å². The number of hydrogen-bond donors (Lipinski definition) is 0. The summed E-state index contributed by atoms with van der Waals surface area (Å²) >= 11 is 5.19. The second-order valence-corrected chi connectivity index (χ2v) is 16.6. The molecule has 4 rings (SSSR count). The van der Waals surface area contributed by atoms with Crippen LogP contribution < -0.4 is 0 Å². The maximum atomic E-state index is 12.6. The third kappa shape index (κ3) is 5.41. The number of allylic oxidation sites excluding steroid dienone is 2. The Morgan fingerprint density at radius 1 is 1.03 bits per heavy atom. The zero-order valence-corrected chi connectivity index (χ0v) is 25.2. The first kappa shape index (κ1) is 27.3. The molecule has 3 fully saturated rings. The van der Waals surface area contributed by atoms with Crippen LogP contribution in [0.25, 0.3) is 0 Å². The molecule has 0 heterocycles. The van der Waals surface area contributed by atoms with E-state index in [0.717, 1.165) is 30.1 Å². The molecule has 0 aromatic rings. The molecule has 0 aromatic heterocycles. The molecule has 0 unspecified atom stereocenters. The third-order valence-corrected chi connectivity index (χ3v) is 13.0. The summed E-state index contributed by atoms with van der Waals surface area (Å²) < 4.78 is -0.410. The topological polar surface area (TPSA) is 17.1 Å². The van der Waals surface area contributed by atoms with Crippen LogP contribution in [0.5, 0.6) is 0 Å². The molecule has 0 N–H and O–H groups in total. The molecule has 0 aliphatic heterocycles. The van der Waals surface area contributed by atoms with Crippen LogP contribution in [0.1, 0.15) is 131 Å². The van der Waals surface area contributed by atoms with Crippen LogP contribution in [-0.2, 0) is 4.79 Å². The summed E-state index contributed by atoms with van der Waals surface area (Å²) in [5, 5.41) is 0.772. The van der Waals surface area contributed by atoms with Crippen LogP contribution in [0.2, 0.25) is 0 Å². The van der Waals surface area contributed by atoms with Crippen molar-refractivity contribution in [3.8, 4) is 0 Å². The molecule has 0 amide bonds. The molecule has 34 heavy (non-hydrogen) atoms. The van der Waals surface area contributed by atoms with Gasteiger partial charge in [0.1, 0.15) is 0 Å². The van der Waals surface area contributed by atoms with Gasteiger partial charge in [-0.25, -0.2) is 0 Å². The zero-order chi connectivity index (χ0) is 24.6. The van der Waals surface area contributed by atoms with Crippen molar-refractivity contribution in [2.24, 2.45) is 34.5 Å². The molecule has 7 atom stereocenters. The Hall–Kier alpha value is 0.240. The molecule has 0 bridgehead atoms. The highest BCUT2D eigenvalue weighted by atomic mass is 79.9. The SMILES string of the molecule is CCCCCCCC[C@@H]1CC[C@@H]2[C@H]3CC=C4C[C@@H](SC(=O)C(C)(C)Br)CC[C@]4(C)[C@H]3CC[C@]12C. The quantitative estimate of drug-likeness (QED) is 0.161. The van der Waals surface area contributed by atoms with Gasteiger partial charge in [0, 0.05) is 5.25 Å². The predicted molar refractivity (Wildman–Crippen MR) is 153 cm³/mol. The van der Waals surface area contributed by atoms with Crippen molar-refractivity contribution in [2.75, 3.05) is 0 Å². The first-order valence-corrected chi connectivity index (χ1v) is 16.4. The van der Waals surface area contributed by atoms with Crippen LogP contribution in [-0.4, -0.2) is 14.7 Å². The van der Waals surface area contributed by atoms with Crippen molar-refractivity contribution in [1.29, 1.82) is 0 Å². The van der Waals surface area contributed by atoms with Crippen LogP contribution >= 0.6 is 27.7 Å². The Kier molecular flexibility index (Phi) is 8.76. The van der Waals surface area contributed by atoms with Gasteiger partial charge in [0.05, 0.1) is 4.32 Å². The van der Waals surface area contributed by atoms with E-state index in [4.69, 9.17) is 0 Å². The Bertz CT molecular complexity index is 753. The summed E-state index contributed by atoms with van der Waals surface area (Å²) in [4.78, 5) is 12.6. The third-order valence-electron chi connectivity index (χ3n) is 10.9. The minimum atomic E-state index is -0.410. The lowest BCUT2D eigenvalue weighted by Gasteiger charge is -2.58. The van der Waals surface area contributed by atoms with Gasteiger partial charge in [0.15, 0.2) is 0 Å². The normalized spacial score (nSPS) is 39.7. The average molecular weight is 552 g/mol. The summed E-state index contributed by atoms with van der Waals surface area (Å²) in [6.45, 7) is 11.6. The van der Waals surface area contributed by atoms with E-state index in [-0.39, 0.29) is 0 Å². The van der Waals surface area contributed by atoms with Gasteiger partial charge >= 0.3 is 0 Å². The molecular formula is C31H51BrOS. The van der Waals surface area contributed by atoms with E-state index in [0.29, 0.717) is 21.2 Å². The lowest BCUT2D eigenvalue weighted by atomic mass is 9.47. The number of fused-ring (bicyclic) bond motifs is 5. The molecule has 0 saturated heterocycles. The highest BCUT2D eigenvalue weighted by Gasteiger charge is 2.58. The van der Waals surface area contributed by atoms with Gasteiger partial charge in [-0.3, -0.25) is 4.79 Å². The van der Waals surface area contributed by atoms with Crippen LogP contribution in [0.4, 0.5) is 0 Å². The summed E-state index contributed by atoms with van der Waals surface area (Å²) in [6.07, 6.45) is 23.6.